The number of anilines is 1. The van der Waals surface area contributed by atoms with Gasteiger partial charge in [-0.2, -0.15) is 0 Å². The Morgan fingerprint density at radius 2 is 1.93 bits per heavy atom. The third kappa shape index (κ3) is 5.21. The van der Waals surface area contributed by atoms with Crippen LogP contribution < -0.4 is 14.8 Å². The minimum absolute atomic E-state index is 0.553. The van der Waals surface area contributed by atoms with Crippen LogP contribution in [0.4, 0.5) is 5.13 Å². The molecule has 6 nitrogen and oxygen atoms in total. The van der Waals surface area contributed by atoms with Gasteiger partial charge < -0.3 is 14.8 Å². The second-order valence-electron chi connectivity index (χ2n) is 6.85. The first-order chi connectivity index (χ1) is 14.2. The predicted molar refractivity (Wildman–Crippen MR) is 121 cm³/mol. The summed E-state index contributed by atoms with van der Waals surface area (Å²) >= 11 is 4.95. The monoisotopic (exact) mass is 448 g/mol. The Bertz CT molecular complexity index is 937. The van der Waals surface area contributed by atoms with Gasteiger partial charge in [0.05, 0.1) is 19.9 Å². The third-order valence-corrected chi connectivity index (χ3v) is 7.83. The number of rotatable bonds is 8. The van der Waals surface area contributed by atoms with Crippen molar-refractivity contribution < 1.29 is 9.47 Å². The summed E-state index contributed by atoms with van der Waals surface area (Å²) in [5, 5.41) is 16.2. The normalized spacial score (nSPS) is 14.7. The first-order valence-electron chi connectivity index (χ1n) is 9.65. The van der Waals surface area contributed by atoms with Gasteiger partial charge in [-0.15, -0.1) is 21.5 Å². The van der Waals surface area contributed by atoms with Crippen LogP contribution in [0.2, 0.25) is 0 Å². The molecule has 1 aliphatic rings. The van der Waals surface area contributed by atoms with Gasteiger partial charge in [0, 0.05) is 22.7 Å². The Kier molecular flexibility index (Phi) is 6.89. The van der Waals surface area contributed by atoms with E-state index in [1.165, 1.54) is 32.1 Å². The lowest BCUT2D eigenvalue weighted by Gasteiger charge is -2.21. The average Bonchev–Trinajstić information content (AvgIpc) is 3.42. The van der Waals surface area contributed by atoms with Gasteiger partial charge in [-0.05, 0) is 31.0 Å². The minimum atomic E-state index is 0.553. The van der Waals surface area contributed by atoms with E-state index in [9.17, 15) is 0 Å². The van der Waals surface area contributed by atoms with Crippen molar-refractivity contribution in [2.45, 2.75) is 48.2 Å². The predicted octanol–water partition coefficient (Wildman–Crippen LogP) is 5.72. The zero-order valence-electron chi connectivity index (χ0n) is 16.5. The number of ether oxygens (including phenoxy) is 2. The second kappa shape index (κ2) is 9.77. The molecule has 29 heavy (non-hydrogen) atoms. The molecular weight excluding hydrogens is 424 g/mol. The second-order valence-corrected chi connectivity index (χ2v) is 9.91. The minimum Gasteiger partial charge on any atom is -0.493 e. The summed E-state index contributed by atoms with van der Waals surface area (Å²) in [5.74, 6) is 2.21. The molecule has 0 bridgehead atoms. The van der Waals surface area contributed by atoms with Crippen LogP contribution in [0, 0.1) is 0 Å². The van der Waals surface area contributed by atoms with Gasteiger partial charge in [0.1, 0.15) is 5.01 Å². The van der Waals surface area contributed by atoms with E-state index in [0.29, 0.717) is 11.8 Å². The summed E-state index contributed by atoms with van der Waals surface area (Å²) in [6.07, 6.45) is 6.45. The Hall–Kier alpha value is -1.84. The van der Waals surface area contributed by atoms with Crippen molar-refractivity contribution >= 4 is 39.6 Å². The first-order valence-corrected chi connectivity index (χ1v) is 12.3. The number of hydrogen-bond donors (Lipinski definition) is 1. The fraction of sp³-hybridized carbons (Fsp3) is 0.450. The molecule has 1 aliphatic carbocycles. The van der Waals surface area contributed by atoms with Crippen LogP contribution >= 0.6 is 34.4 Å². The molecule has 0 saturated heterocycles. The topological polar surface area (TPSA) is 69.2 Å². The molecule has 2 aromatic heterocycles. The lowest BCUT2D eigenvalue weighted by molar-refractivity contribution is 0.355. The van der Waals surface area contributed by atoms with E-state index in [4.69, 9.17) is 14.5 Å². The number of nitrogens with zero attached hydrogens (tertiary/aromatic N) is 3. The Labute approximate surface area is 183 Å². The molecule has 4 rings (SSSR count). The quantitative estimate of drug-likeness (QED) is 0.442. The van der Waals surface area contributed by atoms with E-state index in [1.807, 2.05) is 18.2 Å². The summed E-state index contributed by atoms with van der Waals surface area (Å²) < 4.78 is 11.7. The number of thioether (sulfide) groups is 1. The van der Waals surface area contributed by atoms with E-state index in [0.717, 1.165) is 37.2 Å². The van der Waals surface area contributed by atoms with Gasteiger partial charge in [0.15, 0.2) is 15.8 Å². The van der Waals surface area contributed by atoms with E-state index in [2.05, 4.69) is 20.9 Å². The van der Waals surface area contributed by atoms with Crippen molar-refractivity contribution in [1.29, 1.82) is 0 Å². The lowest BCUT2D eigenvalue weighted by atomic mass is 9.96. The molecule has 0 radical (unpaired) electrons. The Balaban J connectivity index is 1.35. The van der Waals surface area contributed by atoms with Crippen molar-refractivity contribution in [3.05, 3.63) is 29.3 Å². The summed E-state index contributed by atoms with van der Waals surface area (Å²) in [6.45, 7) is 0. The van der Waals surface area contributed by atoms with Gasteiger partial charge in [0.25, 0.3) is 0 Å². The van der Waals surface area contributed by atoms with Crippen LogP contribution in [0.1, 0.15) is 37.8 Å². The number of thiazole rings is 1. The molecule has 1 fully saturated rings. The largest absolute Gasteiger partial charge is 0.493 e. The average molecular weight is 449 g/mol. The molecule has 1 N–H and O–H groups in total. The van der Waals surface area contributed by atoms with E-state index in [-0.39, 0.29) is 0 Å². The molecule has 0 amide bonds. The zero-order chi connectivity index (χ0) is 20.1. The molecule has 0 unspecified atom stereocenters. The van der Waals surface area contributed by atoms with E-state index < -0.39 is 0 Å². The van der Waals surface area contributed by atoms with Crippen molar-refractivity contribution in [2.24, 2.45) is 0 Å². The fourth-order valence-corrected chi connectivity index (χ4v) is 6.00. The summed E-state index contributed by atoms with van der Waals surface area (Å²) in [6, 6.07) is 6.43. The maximum atomic E-state index is 5.40. The molecule has 9 heteroatoms. The maximum Gasteiger partial charge on any atom is 0.206 e. The molecule has 0 aliphatic heterocycles. The highest BCUT2D eigenvalue weighted by Crippen LogP contribution is 2.35. The smallest absolute Gasteiger partial charge is 0.206 e. The van der Waals surface area contributed by atoms with Crippen molar-refractivity contribution in [1.82, 2.24) is 15.2 Å². The highest BCUT2D eigenvalue weighted by atomic mass is 32.2. The van der Waals surface area contributed by atoms with Crippen LogP contribution in [-0.2, 0) is 5.75 Å². The van der Waals surface area contributed by atoms with Crippen LogP contribution in [0.5, 0.6) is 11.5 Å². The van der Waals surface area contributed by atoms with Gasteiger partial charge in [-0.1, -0.05) is 42.4 Å². The van der Waals surface area contributed by atoms with Crippen LogP contribution in [-0.4, -0.2) is 35.4 Å². The van der Waals surface area contributed by atoms with Crippen LogP contribution in [0.15, 0.2) is 27.9 Å². The Morgan fingerprint density at radius 1 is 1.10 bits per heavy atom. The van der Waals surface area contributed by atoms with E-state index in [1.54, 1.807) is 48.7 Å². The van der Waals surface area contributed by atoms with Gasteiger partial charge >= 0.3 is 0 Å². The fourth-order valence-electron chi connectivity index (χ4n) is 3.36. The molecule has 0 atom stereocenters. The highest BCUT2D eigenvalue weighted by molar-refractivity contribution is 8.00. The molecule has 1 aromatic carbocycles. The number of hydrogen-bond acceptors (Lipinski definition) is 9. The van der Waals surface area contributed by atoms with Crippen LogP contribution in [0.25, 0.3) is 10.6 Å². The number of methoxy groups -OCH3 is 2. The molecule has 2 heterocycles. The van der Waals surface area contributed by atoms with E-state index >= 15 is 0 Å². The standard InChI is InChI=1S/C20H24N4O2S3/c1-25-16-9-8-13(10-17(16)26-2)18-21-15(11-27-18)12-28-20-24-23-19(29-20)22-14-6-4-3-5-7-14/h8-11,14H,3-7,12H2,1-2H3,(H,22,23). The van der Waals surface area contributed by atoms with Gasteiger partial charge in [0.2, 0.25) is 5.13 Å². The SMILES string of the molecule is COc1ccc(-c2nc(CSc3nnc(NC4CCCCC4)s3)cs2)cc1OC. The van der Waals surface area contributed by atoms with Gasteiger partial charge in [-0.25, -0.2) is 4.98 Å². The summed E-state index contributed by atoms with van der Waals surface area (Å²) in [7, 11) is 3.28. The van der Waals surface area contributed by atoms with Gasteiger partial charge in [-0.3, -0.25) is 0 Å². The zero-order valence-corrected chi connectivity index (χ0v) is 19.0. The number of aromatic nitrogens is 3. The first kappa shape index (κ1) is 20.4. The van der Waals surface area contributed by atoms with Crippen molar-refractivity contribution in [2.75, 3.05) is 19.5 Å². The molecule has 1 saturated carbocycles. The number of nitrogens with one attached hydrogen (secondary N) is 1. The lowest BCUT2D eigenvalue weighted by Crippen LogP contribution is -2.21. The summed E-state index contributed by atoms with van der Waals surface area (Å²) in [5.41, 5.74) is 2.07. The highest BCUT2D eigenvalue weighted by Gasteiger charge is 2.16. The van der Waals surface area contributed by atoms with Crippen LogP contribution in [0.3, 0.4) is 0 Å². The third-order valence-electron chi connectivity index (χ3n) is 4.86. The molecule has 3 aromatic rings. The molecule has 0 spiro atoms. The molecule has 154 valence electrons. The number of benzene rings is 1. The Morgan fingerprint density at radius 3 is 2.72 bits per heavy atom. The van der Waals surface area contributed by atoms with Crippen molar-refractivity contribution in [3.8, 4) is 22.1 Å². The maximum absolute atomic E-state index is 5.40. The molecular formula is C20H24N4O2S3. The van der Waals surface area contributed by atoms with Crippen molar-refractivity contribution in [3.63, 3.8) is 0 Å². The summed E-state index contributed by atoms with van der Waals surface area (Å²) in [4.78, 5) is 4.77.